The standard InChI is InChI=1S/C17H29N/c1-3-5-7-14-9-10-15-8-6-11-17(4-2,13-18)16(15)12-14/h14-16H,3-12H2,1-2H3/t14-,15+,16-,17?/m1/s1. The largest absolute Gasteiger partial charge is 0.198 e. The molecule has 0 aromatic heterocycles. The van der Waals surface area contributed by atoms with Crippen LogP contribution in [0.4, 0.5) is 0 Å². The van der Waals surface area contributed by atoms with Crippen LogP contribution in [-0.4, -0.2) is 0 Å². The molecule has 0 heterocycles. The van der Waals surface area contributed by atoms with Crippen LogP contribution in [0.1, 0.15) is 78.1 Å². The van der Waals surface area contributed by atoms with Gasteiger partial charge in [0.2, 0.25) is 0 Å². The Morgan fingerprint density at radius 2 is 2.06 bits per heavy atom. The number of nitrogens with zero attached hydrogens (tertiary/aromatic N) is 1. The second-order valence-electron chi connectivity index (χ2n) is 6.70. The molecular weight excluding hydrogens is 218 g/mol. The summed E-state index contributed by atoms with van der Waals surface area (Å²) in [6.07, 6.45) is 13.2. The van der Waals surface area contributed by atoms with E-state index in [1.807, 2.05) is 0 Å². The van der Waals surface area contributed by atoms with Crippen LogP contribution >= 0.6 is 0 Å². The van der Waals surface area contributed by atoms with Gasteiger partial charge in [0, 0.05) is 0 Å². The van der Waals surface area contributed by atoms with Gasteiger partial charge in [-0.25, -0.2) is 0 Å². The summed E-state index contributed by atoms with van der Waals surface area (Å²) in [5.74, 6) is 2.51. The molecule has 18 heavy (non-hydrogen) atoms. The van der Waals surface area contributed by atoms with E-state index in [2.05, 4.69) is 19.9 Å². The second kappa shape index (κ2) is 6.09. The zero-order valence-corrected chi connectivity index (χ0v) is 12.3. The quantitative estimate of drug-likeness (QED) is 0.660. The summed E-state index contributed by atoms with van der Waals surface area (Å²) >= 11 is 0. The highest BCUT2D eigenvalue weighted by atomic mass is 14.5. The van der Waals surface area contributed by atoms with E-state index in [-0.39, 0.29) is 5.41 Å². The normalized spacial score (nSPS) is 39.9. The van der Waals surface area contributed by atoms with E-state index in [0.717, 1.165) is 24.2 Å². The molecule has 2 rings (SSSR count). The Bertz CT molecular complexity index is 303. The van der Waals surface area contributed by atoms with E-state index in [0.29, 0.717) is 0 Å². The Balaban J connectivity index is 2.06. The lowest BCUT2D eigenvalue weighted by Crippen LogP contribution is -2.41. The molecule has 0 bridgehead atoms. The average Bonchev–Trinajstić information content (AvgIpc) is 2.44. The zero-order valence-electron chi connectivity index (χ0n) is 12.3. The van der Waals surface area contributed by atoms with Gasteiger partial charge < -0.3 is 0 Å². The van der Waals surface area contributed by atoms with E-state index >= 15 is 0 Å². The Morgan fingerprint density at radius 1 is 1.22 bits per heavy atom. The van der Waals surface area contributed by atoms with Crippen LogP contribution in [0.5, 0.6) is 0 Å². The third-order valence-electron chi connectivity index (χ3n) is 5.83. The van der Waals surface area contributed by atoms with Crippen molar-refractivity contribution in [1.29, 1.82) is 5.26 Å². The molecular formula is C17H29N. The molecule has 0 N–H and O–H groups in total. The highest BCUT2D eigenvalue weighted by molar-refractivity contribution is 5.07. The van der Waals surface area contributed by atoms with Crippen LogP contribution in [0.2, 0.25) is 0 Å². The number of hydrogen-bond donors (Lipinski definition) is 0. The Labute approximate surface area is 113 Å². The van der Waals surface area contributed by atoms with E-state index in [9.17, 15) is 5.26 Å². The molecule has 2 fully saturated rings. The second-order valence-corrected chi connectivity index (χ2v) is 6.70. The zero-order chi connectivity index (χ0) is 13.0. The molecule has 0 aromatic carbocycles. The first-order valence-electron chi connectivity index (χ1n) is 8.17. The van der Waals surface area contributed by atoms with Gasteiger partial charge in [0.05, 0.1) is 11.5 Å². The highest BCUT2D eigenvalue weighted by Crippen LogP contribution is 2.54. The van der Waals surface area contributed by atoms with Gasteiger partial charge in [-0.2, -0.15) is 5.26 Å². The van der Waals surface area contributed by atoms with E-state index in [4.69, 9.17) is 0 Å². The third-order valence-corrected chi connectivity index (χ3v) is 5.83. The minimum Gasteiger partial charge on any atom is -0.198 e. The maximum Gasteiger partial charge on any atom is 0.0692 e. The van der Waals surface area contributed by atoms with Gasteiger partial charge in [0.25, 0.3) is 0 Å². The molecule has 1 nitrogen and oxygen atoms in total. The van der Waals surface area contributed by atoms with Crippen molar-refractivity contribution in [2.75, 3.05) is 0 Å². The Kier molecular flexibility index (Phi) is 4.71. The van der Waals surface area contributed by atoms with E-state index < -0.39 is 0 Å². The molecule has 4 atom stereocenters. The SMILES string of the molecule is CCCC[C@@H]1CC[C@@H]2CCCC(C#N)(CC)[C@@H]2C1. The monoisotopic (exact) mass is 247 g/mol. The number of unbranched alkanes of at least 4 members (excludes halogenated alkanes) is 1. The van der Waals surface area contributed by atoms with Gasteiger partial charge in [0.15, 0.2) is 0 Å². The van der Waals surface area contributed by atoms with Gasteiger partial charge in [-0.3, -0.25) is 0 Å². The summed E-state index contributed by atoms with van der Waals surface area (Å²) in [7, 11) is 0. The number of rotatable bonds is 4. The predicted molar refractivity (Wildman–Crippen MR) is 76.0 cm³/mol. The topological polar surface area (TPSA) is 23.8 Å². The van der Waals surface area contributed by atoms with Crippen LogP contribution in [0.15, 0.2) is 0 Å². The fourth-order valence-corrected chi connectivity index (χ4v) is 4.62. The first-order valence-corrected chi connectivity index (χ1v) is 8.17. The minimum absolute atomic E-state index is 0.0355. The van der Waals surface area contributed by atoms with Crippen LogP contribution in [0, 0.1) is 34.5 Å². The molecule has 0 saturated heterocycles. The summed E-state index contributed by atoms with van der Waals surface area (Å²) in [4.78, 5) is 0. The van der Waals surface area contributed by atoms with Gasteiger partial charge in [-0.1, -0.05) is 52.4 Å². The van der Waals surface area contributed by atoms with Crippen molar-refractivity contribution in [3.8, 4) is 6.07 Å². The number of hydrogen-bond acceptors (Lipinski definition) is 1. The highest BCUT2D eigenvalue weighted by Gasteiger charge is 2.46. The van der Waals surface area contributed by atoms with Gasteiger partial charge in [0.1, 0.15) is 0 Å². The summed E-state index contributed by atoms with van der Waals surface area (Å²) in [6.45, 7) is 4.53. The first kappa shape index (κ1) is 13.9. The molecule has 1 unspecified atom stereocenters. The van der Waals surface area contributed by atoms with E-state index in [1.165, 1.54) is 57.8 Å². The van der Waals surface area contributed by atoms with Crippen molar-refractivity contribution in [1.82, 2.24) is 0 Å². The molecule has 0 amide bonds. The third kappa shape index (κ3) is 2.58. The smallest absolute Gasteiger partial charge is 0.0692 e. The lowest BCUT2D eigenvalue weighted by molar-refractivity contribution is 0.0260. The molecule has 0 spiro atoms. The fraction of sp³-hybridized carbons (Fsp3) is 0.941. The molecule has 1 heteroatoms. The molecule has 0 aromatic rings. The van der Waals surface area contributed by atoms with Gasteiger partial charge in [-0.05, 0) is 43.4 Å². The van der Waals surface area contributed by atoms with Crippen molar-refractivity contribution in [3.63, 3.8) is 0 Å². The maximum atomic E-state index is 9.69. The van der Waals surface area contributed by atoms with E-state index in [1.54, 1.807) is 0 Å². The lowest BCUT2D eigenvalue weighted by atomic mass is 9.55. The molecule has 2 aliphatic rings. The first-order chi connectivity index (χ1) is 8.75. The lowest BCUT2D eigenvalue weighted by Gasteiger charge is -2.48. The Morgan fingerprint density at radius 3 is 2.72 bits per heavy atom. The summed E-state index contributed by atoms with van der Waals surface area (Å²) in [5, 5.41) is 9.69. The van der Waals surface area contributed by atoms with Crippen LogP contribution in [-0.2, 0) is 0 Å². The van der Waals surface area contributed by atoms with Crippen molar-refractivity contribution in [2.24, 2.45) is 23.2 Å². The minimum atomic E-state index is 0.0355. The average molecular weight is 247 g/mol. The van der Waals surface area contributed by atoms with Crippen molar-refractivity contribution >= 4 is 0 Å². The summed E-state index contributed by atoms with van der Waals surface area (Å²) in [6, 6.07) is 2.74. The molecule has 2 aliphatic carbocycles. The number of fused-ring (bicyclic) bond motifs is 1. The fourth-order valence-electron chi connectivity index (χ4n) is 4.62. The van der Waals surface area contributed by atoms with Crippen LogP contribution in [0.25, 0.3) is 0 Å². The van der Waals surface area contributed by atoms with Gasteiger partial charge in [-0.15, -0.1) is 0 Å². The number of nitriles is 1. The van der Waals surface area contributed by atoms with Crippen LogP contribution in [0.3, 0.4) is 0 Å². The molecule has 102 valence electrons. The summed E-state index contributed by atoms with van der Waals surface area (Å²) < 4.78 is 0. The van der Waals surface area contributed by atoms with Gasteiger partial charge >= 0.3 is 0 Å². The molecule has 2 saturated carbocycles. The van der Waals surface area contributed by atoms with Crippen molar-refractivity contribution in [3.05, 3.63) is 0 Å². The summed E-state index contributed by atoms with van der Waals surface area (Å²) in [5.41, 5.74) is 0.0355. The van der Waals surface area contributed by atoms with Crippen molar-refractivity contribution < 1.29 is 0 Å². The van der Waals surface area contributed by atoms with Crippen molar-refractivity contribution in [2.45, 2.75) is 78.1 Å². The van der Waals surface area contributed by atoms with Crippen LogP contribution < -0.4 is 0 Å². The molecule has 0 radical (unpaired) electrons. The molecule has 0 aliphatic heterocycles. The Hall–Kier alpha value is -0.510. The predicted octanol–water partition coefficient (Wildman–Crippen LogP) is 5.31. The maximum absolute atomic E-state index is 9.69.